The molecule has 0 aliphatic heterocycles. The highest BCUT2D eigenvalue weighted by atomic mass is 19.1. The van der Waals surface area contributed by atoms with Crippen LogP contribution in [0.25, 0.3) is 0 Å². The summed E-state index contributed by atoms with van der Waals surface area (Å²) in [6, 6.07) is 15.9. The molecule has 0 fully saturated rings. The van der Waals surface area contributed by atoms with E-state index in [1.54, 1.807) is 0 Å². The number of rotatable bonds is 3. The van der Waals surface area contributed by atoms with Gasteiger partial charge in [-0.2, -0.15) is 0 Å². The minimum absolute atomic E-state index is 0.171. The highest BCUT2D eigenvalue weighted by Crippen LogP contribution is 2.21. The molecule has 0 radical (unpaired) electrons. The van der Waals surface area contributed by atoms with Crippen LogP contribution in [0.1, 0.15) is 23.1 Å². The molecule has 1 N–H and O–H groups in total. The van der Waals surface area contributed by atoms with E-state index in [4.69, 9.17) is 0 Å². The van der Waals surface area contributed by atoms with Gasteiger partial charge in [-0.05, 0) is 48.1 Å². The predicted molar refractivity (Wildman–Crippen MR) is 75.5 cm³/mol. The second-order valence-electron chi connectivity index (χ2n) is 5.22. The minimum Gasteiger partial charge on any atom is -0.310 e. The molecule has 0 bridgehead atoms. The molecule has 0 amide bonds. The smallest absolute Gasteiger partial charge is 0.123 e. The van der Waals surface area contributed by atoms with Crippen LogP contribution >= 0.6 is 0 Å². The molecule has 0 heterocycles. The van der Waals surface area contributed by atoms with Gasteiger partial charge in [-0.25, -0.2) is 4.39 Å². The van der Waals surface area contributed by atoms with Crippen LogP contribution in [0.4, 0.5) is 4.39 Å². The second-order valence-corrected chi connectivity index (χ2v) is 5.22. The SMILES string of the molecule is Fc1ccc(CNC2CCc3ccccc3C2)cc1. The van der Waals surface area contributed by atoms with Gasteiger partial charge in [-0.1, -0.05) is 36.4 Å². The van der Waals surface area contributed by atoms with Crippen molar-refractivity contribution in [3.63, 3.8) is 0 Å². The van der Waals surface area contributed by atoms with Crippen LogP contribution in [0, 0.1) is 5.82 Å². The molecule has 2 aromatic carbocycles. The van der Waals surface area contributed by atoms with E-state index in [0.29, 0.717) is 6.04 Å². The Bertz CT molecular complexity index is 547. The van der Waals surface area contributed by atoms with Crippen LogP contribution in [-0.4, -0.2) is 6.04 Å². The van der Waals surface area contributed by atoms with E-state index in [1.807, 2.05) is 12.1 Å². The summed E-state index contributed by atoms with van der Waals surface area (Å²) >= 11 is 0. The van der Waals surface area contributed by atoms with Gasteiger partial charge in [-0.3, -0.25) is 0 Å². The molecular formula is C17H18FN. The zero-order valence-corrected chi connectivity index (χ0v) is 10.9. The lowest BCUT2D eigenvalue weighted by Gasteiger charge is -2.25. The second kappa shape index (κ2) is 5.54. The topological polar surface area (TPSA) is 12.0 Å². The van der Waals surface area contributed by atoms with E-state index in [1.165, 1.54) is 29.7 Å². The molecule has 0 saturated carbocycles. The van der Waals surface area contributed by atoms with Crippen molar-refractivity contribution >= 4 is 0 Å². The number of halogens is 1. The molecule has 0 saturated heterocycles. The summed E-state index contributed by atoms with van der Waals surface area (Å²) in [6.07, 6.45) is 3.42. The first-order valence-electron chi connectivity index (χ1n) is 6.86. The van der Waals surface area contributed by atoms with Crippen LogP contribution in [0.15, 0.2) is 48.5 Å². The first-order chi connectivity index (χ1) is 9.31. The van der Waals surface area contributed by atoms with Crippen molar-refractivity contribution in [3.05, 3.63) is 71.0 Å². The summed E-state index contributed by atoms with van der Waals surface area (Å²) in [4.78, 5) is 0. The molecule has 2 aromatic rings. The molecular weight excluding hydrogens is 237 g/mol. The van der Waals surface area contributed by atoms with Gasteiger partial charge in [0.25, 0.3) is 0 Å². The van der Waals surface area contributed by atoms with Crippen LogP contribution in [0.5, 0.6) is 0 Å². The van der Waals surface area contributed by atoms with Gasteiger partial charge >= 0.3 is 0 Å². The maximum absolute atomic E-state index is 12.8. The van der Waals surface area contributed by atoms with E-state index >= 15 is 0 Å². The van der Waals surface area contributed by atoms with E-state index in [0.717, 1.165) is 24.9 Å². The number of fused-ring (bicyclic) bond motifs is 1. The predicted octanol–water partition coefficient (Wildman–Crippen LogP) is 3.47. The molecule has 0 aromatic heterocycles. The van der Waals surface area contributed by atoms with Gasteiger partial charge in [0.2, 0.25) is 0 Å². The van der Waals surface area contributed by atoms with Gasteiger partial charge in [0, 0.05) is 12.6 Å². The summed E-state index contributed by atoms with van der Waals surface area (Å²) in [5, 5.41) is 3.58. The average Bonchev–Trinajstić information content (AvgIpc) is 2.46. The van der Waals surface area contributed by atoms with E-state index in [9.17, 15) is 4.39 Å². The number of benzene rings is 2. The summed E-state index contributed by atoms with van der Waals surface area (Å²) in [6.45, 7) is 0.813. The van der Waals surface area contributed by atoms with E-state index in [2.05, 4.69) is 29.6 Å². The van der Waals surface area contributed by atoms with Crippen LogP contribution in [0.2, 0.25) is 0 Å². The molecule has 19 heavy (non-hydrogen) atoms. The largest absolute Gasteiger partial charge is 0.310 e. The maximum Gasteiger partial charge on any atom is 0.123 e. The first kappa shape index (κ1) is 12.4. The van der Waals surface area contributed by atoms with Gasteiger partial charge in [0.1, 0.15) is 5.82 Å². The number of aryl methyl sites for hydroxylation is 1. The highest BCUT2D eigenvalue weighted by Gasteiger charge is 2.17. The molecule has 1 aliphatic rings. The van der Waals surface area contributed by atoms with Crippen LogP contribution in [0.3, 0.4) is 0 Å². The Hall–Kier alpha value is -1.67. The Kier molecular flexibility index (Phi) is 3.60. The quantitative estimate of drug-likeness (QED) is 0.885. The number of nitrogens with one attached hydrogen (secondary N) is 1. The average molecular weight is 255 g/mol. The van der Waals surface area contributed by atoms with Crippen molar-refractivity contribution < 1.29 is 4.39 Å². The molecule has 2 heteroatoms. The normalized spacial score (nSPS) is 18.1. The fraction of sp³-hybridized carbons (Fsp3) is 0.294. The third-order valence-electron chi connectivity index (χ3n) is 3.85. The highest BCUT2D eigenvalue weighted by molar-refractivity contribution is 5.30. The summed E-state index contributed by atoms with van der Waals surface area (Å²) < 4.78 is 12.8. The fourth-order valence-electron chi connectivity index (χ4n) is 2.74. The van der Waals surface area contributed by atoms with Crippen LogP contribution in [-0.2, 0) is 19.4 Å². The monoisotopic (exact) mass is 255 g/mol. The van der Waals surface area contributed by atoms with Crippen LogP contribution < -0.4 is 5.32 Å². The zero-order chi connectivity index (χ0) is 13.1. The molecule has 1 aliphatic carbocycles. The molecule has 0 spiro atoms. The van der Waals surface area contributed by atoms with Gasteiger partial charge in [-0.15, -0.1) is 0 Å². The van der Waals surface area contributed by atoms with Crippen molar-refractivity contribution in [2.75, 3.05) is 0 Å². The van der Waals surface area contributed by atoms with Crippen molar-refractivity contribution in [2.45, 2.75) is 31.8 Å². The lowest BCUT2D eigenvalue weighted by molar-refractivity contribution is 0.457. The Morgan fingerprint density at radius 1 is 1.00 bits per heavy atom. The third kappa shape index (κ3) is 3.02. The summed E-state index contributed by atoms with van der Waals surface area (Å²) in [5.74, 6) is -0.171. The van der Waals surface area contributed by atoms with Crippen molar-refractivity contribution in [1.82, 2.24) is 5.32 Å². The Morgan fingerprint density at radius 3 is 2.53 bits per heavy atom. The molecule has 3 rings (SSSR count). The van der Waals surface area contributed by atoms with E-state index < -0.39 is 0 Å². The lowest BCUT2D eigenvalue weighted by Crippen LogP contribution is -2.34. The Labute approximate surface area is 113 Å². The Morgan fingerprint density at radius 2 is 1.74 bits per heavy atom. The first-order valence-corrected chi connectivity index (χ1v) is 6.86. The van der Waals surface area contributed by atoms with Gasteiger partial charge in [0.05, 0.1) is 0 Å². The number of hydrogen-bond donors (Lipinski definition) is 1. The summed E-state index contributed by atoms with van der Waals surface area (Å²) in [7, 11) is 0. The molecule has 1 nitrogen and oxygen atoms in total. The maximum atomic E-state index is 12.8. The number of hydrogen-bond acceptors (Lipinski definition) is 1. The van der Waals surface area contributed by atoms with Gasteiger partial charge in [0.15, 0.2) is 0 Å². The van der Waals surface area contributed by atoms with Crippen molar-refractivity contribution in [2.24, 2.45) is 0 Å². The summed E-state index contributed by atoms with van der Waals surface area (Å²) in [5.41, 5.74) is 4.09. The van der Waals surface area contributed by atoms with E-state index in [-0.39, 0.29) is 5.82 Å². The minimum atomic E-state index is -0.171. The van der Waals surface area contributed by atoms with Gasteiger partial charge < -0.3 is 5.32 Å². The zero-order valence-electron chi connectivity index (χ0n) is 10.9. The van der Waals surface area contributed by atoms with Crippen molar-refractivity contribution in [1.29, 1.82) is 0 Å². The fourth-order valence-corrected chi connectivity index (χ4v) is 2.74. The third-order valence-corrected chi connectivity index (χ3v) is 3.85. The molecule has 1 atom stereocenters. The lowest BCUT2D eigenvalue weighted by atomic mass is 9.88. The van der Waals surface area contributed by atoms with Crippen molar-refractivity contribution in [3.8, 4) is 0 Å². The molecule has 1 unspecified atom stereocenters. The standard InChI is InChI=1S/C17H18FN/c18-16-8-5-13(6-9-16)12-19-17-10-7-14-3-1-2-4-15(14)11-17/h1-6,8-9,17,19H,7,10-12H2. The Balaban J connectivity index is 1.59. The molecule has 98 valence electrons.